The van der Waals surface area contributed by atoms with Crippen molar-refractivity contribution in [2.45, 2.75) is 135 Å². The predicted molar refractivity (Wildman–Crippen MR) is 284 cm³/mol. The van der Waals surface area contributed by atoms with Crippen molar-refractivity contribution in [3.8, 4) is 34.5 Å². The van der Waals surface area contributed by atoms with Crippen molar-refractivity contribution in [3.05, 3.63) is 80.8 Å². The van der Waals surface area contributed by atoms with E-state index in [1.54, 1.807) is 49.3 Å². The second-order valence-electron chi connectivity index (χ2n) is 19.5. The van der Waals surface area contributed by atoms with Crippen LogP contribution in [0.25, 0.3) is 33.5 Å². The van der Waals surface area contributed by atoms with Crippen LogP contribution in [0, 0.1) is 69.1 Å². The zero-order valence-corrected chi connectivity index (χ0v) is 47.6. The first-order valence-corrected chi connectivity index (χ1v) is 26.5. The molecule has 5 aromatic rings. The topological polar surface area (TPSA) is 267 Å². The Bertz CT molecular complexity index is 3120. The zero-order chi connectivity index (χ0) is 55.4. The maximum Gasteiger partial charge on any atom is 0.343 e. The van der Waals surface area contributed by atoms with Crippen molar-refractivity contribution in [2.24, 2.45) is 5.92 Å². The van der Waals surface area contributed by atoms with Gasteiger partial charge in [0, 0.05) is 103 Å². The minimum atomic E-state index is -2.02. The van der Waals surface area contributed by atoms with Crippen molar-refractivity contribution >= 4 is 53.1 Å². The normalized spacial score (nSPS) is 15.0. The molecule has 2 aliphatic heterocycles. The van der Waals surface area contributed by atoms with Crippen LogP contribution < -0.4 is 26.8 Å². The fourth-order valence-electron chi connectivity index (χ4n) is 9.32. The fourth-order valence-corrected chi connectivity index (χ4v) is 9.43. The predicted octanol–water partition coefficient (Wildman–Crippen LogP) is 3.44. The number of esters is 1. The number of halogens is 1. The summed E-state index contributed by atoms with van der Waals surface area (Å²) in [6, 6.07) is 2.60. The standard InChI is InChI=1S/C54H67FN12O9S.Tb/c1-7-54(74)39-23-44-48-37(28-67(44)51(72)38(39)30-76-52(54)73)35(36-22-33(6)40(55)24-42(36)60-48)16-15-21-75-31-59-46(69)27-56-49(70)41(17-12-14-19-65(8-2)9-3)61-50(71)47(32(4)5)62-45(68)18-11-10-13-20-66-29-43(63-64-66)34-25-57-53(77)58-26-34;/h22-26,29,32,41,47,74H,7-14,17-21,27-28,30-31H2,1-6H3,(H,56,70)(H,59,69)(H,61,71)(H,62,68)(H,57,58,77);/p-1/t41-,47-,54-;/m0./s1. The number of nitrogens with one attached hydrogen (secondary N) is 4. The SMILES string of the molecule is CCN(CC)CCCC[C@H](NC(=O)[C@@H](NC(=O)CCCCCn1cc(-c2cnc([S-])nc2)nn1)C(C)C)C(=O)NCC(=O)NCOCC#Cc1c2c(nc3cc(F)c(C)cc13)-c1cc3c(c(=O)n1C2)COC(=O)[C@]3(O)CC.[Tb]. The molecule has 4 amide bonds. The summed E-state index contributed by atoms with van der Waals surface area (Å²) in [5, 5.41) is 31.4. The summed E-state index contributed by atoms with van der Waals surface area (Å²) in [4.78, 5) is 95.1. The number of hydrogen-bond acceptors (Lipinski definition) is 16. The molecule has 0 spiro atoms. The molecular weight excluding hydrogens is 1170 g/mol. The molecular formula is C54H66FN12O9STb-. The van der Waals surface area contributed by atoms with Crippen LogP contribution in [0.15, 0.2) is 46.7 Å². The average Bonchev–Trinajstić information content (AvgIpc) is 4.21. The zero-order valence-electron chi connectivity index (χ0n) is 44.6. The van der Waals surface area contributed by atoms with E-state index in [-0.39, 0.29) is 112 Å². The van der Waals surface area contributed by atoms with E-state index in [2.05, 4.69) is 72.1 Å². The van der Waals surface area contributed by atoms with Crippen molar-refractivity contribution in [1.82, 2.24) is 60.7 Å². The first-order valence-electron chi connectivity index (χ1n) is 26.1. The molecule has 78 heavy (non-hydrogen) atoms. The van der Waals surface area contributed by atoms with Gasteiger partial charge in [-0.05, 0) is 88.7 Å². The first-order chi connectivity index (χ1) is 37.0. The number of aromatic nitrogens is 7. The summed E-state index contributed by atoms with van der Waals surface area (Å²) < 4.78 is 29.0. The number of unbranched alkanes of at least 4 members (excludes halogenated alkanes) is 3. The second-order valence-corrected chi connectivity index (χ2v) is 19.8. The summed E-state index contributed by atoms with van der Waals surface area (Å²) >= 11 is 4.95. The number of pyridine rings is 2. The fraction of sp³-hybridized carbons (Fsp3) is 0.500. The number of fused-ring (bicyclic) bond motifs is 5. The number of carbonyl (C=O) groups is 5. The summed E-state index contributed by atoms with van der Waals surface area (Å²) in [6.07, 6.45) is 8.91. The summed E-state index contributed by atoms with van der Waals surface area (Å²) in [6.45, 7) is 13.1. The van der Waals surface area contributed by atoms with Gasteiger partial charge in [-0.25, -0.2) is 14.2 Å². The quantitative estimate of drug-likeness (QED) is 0.0137. The molecule has 0 aliphatic carbocycles. The number of rotatable bonds is 25. The summed E-state index contributed by atoms with van der Waals surface area (Å²) in [5.41, 5.74) is 1.57. The number of ether oxygens (including phenoxy) is 2. The minimum Gasteiger partial charge on any atom is -0.740 e. The van der Waals surface area contributed by atoms with E-state index >= 15 is 0 Å². The molecule has 0 bridgehead atoms. The van der Waals surface area contributed by atoms with E-state index in [4.69, 9.17) is 27.1 Å². The Labute approximate surface area is 488 Å². The molecule has 2 aliphatic rings. The van der Waals surface area contributed by atoms with Gasteiger partial charge in [-0.1, -0.05) is 58.1 Å². The first kappa shape index (κ1) is 61.2. The Morgan fingerprint density at radius 3 is 2.45 bits per heavy atom. The molecule has 21 nitrogen and oxygen atoms in total. The van der Waals surface area contributed by atoms with Crippen LogP contribution in [-0.4, -0.2) is 126 Å². The number of carbonyl (C=O) groups excluding carboxylic acids is 5. The van der Waals surface area contributed by atoms with Crippen LogP contribution in [0.2, 0.25) is 0 Å². The molecule has 0 saturated carbocycles. The summed E-state index contributed by atoms with van der Waals surface area (Å²) in [7, 11) is 0. The molecule has 6 heterocycles. The van der Waals surface area contributed by atoms with Crippen molar-refractivity contribution in [1.29, 1.82) is 0 Å². The Kier molecular flexibility index (Phi) is 22.2. The van der Waals surface area contributed by atoms with Crippen LogP contribution in [0.4, 0.5) is 4.39 Å². The number of benzene rings is 1. The van der Waals surface area contributed by atoms with Crippen LogP contribution in [0.3, 0.4) is 0 Å². The van der Waals surface area contributed by atoms with Crippen LogP contribution in [0.5, 0.6) is 0 Å². The number of amides is 4. The van der Waals surface area contributed by atoms with E-state index in [0.29, 0.717) is 70.5 Å². The van der Waals surface area contributed by atoms with Crippen molar-refractivity contribution < 1.29 is 81.6 Å². The minimum absolute atomic E-state index is 0. The van der Waals surface area contributed by atoms with E-state index in [1.807, 2.05) is 13.8 Å². The Morgan fingerprint density at radius 2 is 1.73 bits per heavy atom. The Hall–Kier alpha value is -5.97. The molecule has 0 unspecified atom stereocenters. The number of nitrogens with zero attached hydrogens (tertiary/aromatic N) is 8. The maximum atomic E-state index is 14.9. The molecule has 1 aromatic carbocycles. The monoisotopic (exact) mass is 1240 g/mol. The van der Waals surface area contributed by atoms with Gasteiger partial charge in [0.05, 0.1) is 41.8 Å². The van der Waals surface area contributed by atoms with E-state index in [1.165, 1.54) is 10.6 Å². The van der Waals surface area contributed by atoms with Gasteiger partial charge < -0.3 is 57.9 Å². The van der Waals surface area contributed by atoms with Gasteiger partial charge in [0.1, 0.15) is 43.5 Å². The van der Waals surface area contributed by atoms with Gasteiger partial charge in [-0.3, -0.25) is 38.6 Å². The van der Waals surface area contributed by atoms with Crippen LogP contribution in [0.1, 0.15) is 114 Å². The molecule has 419 valence electrons. The van der Waals surface area contributed by atoms with Crippen molar-refractivity contribution in [3.63, 3.8) is 0 Å². The molecule has 24 heteroatoms. The molecule has 4 aromatic heterocycles. The smallest absolute Gasteiger partial charge is 0.343 e. The molecule has 0 fully saturated rings. The third-order valence-corrected chi connectivity index (χ3v) is 14.1. The Balaban J connectivity index is 0.00000984. The molecule has 0 saturated heterocycles. The number of cyclic esters (lactones) is 1. The van der Waals surface area contributed by atoms with E-state index < -0.39 is 59.3 Å². The largest absolute Gasteiger partial charge is 0.740 e. The number of hydrogen-bond donors (Lipinski definition) is 5. The summed E-state index contributed by atoms with van der Waals surface area (Å²) in [5.74, 6) is 2.51. The molecule has 7 rings (SSSR count). The van der Waals surface area contributed by atoms with Crippen LogP contribution >= 0.6 is 0 Å². The average molecular weight is 1240 g/mol. The van der Waals surface area contributed by atoms with Gasteiger partial charge >= 0.3 is 5.97 Å². The van der Waals surface area contributed by atoms with Crippen LogP contribution in [-0.2, 0) is 71.4 Å². The Morgan fingerprint density at radius 1 is 0.974 bits per heavy atom. The maximum absolute atomic E-state index is 14.9. The van der Waals surface area contributed by atoms with Gasteiger partial charge in [0.25, 0.3) is 5.56 Å². The van der Waals surface area contributed by atoms with Gasteiger partial charge in [0.15, 0.2) is 5.60 Å². The van der Waals surface area contributed by atoms with Gasteiger partial charge in [-0.15, -0.1) is 5.10 Å². The number of aliphatic hydroxyl groups is 1. The third kappa shape index (κ3) is 14.8. The second kappa shape index (κ2) is 28.3. The van der Waals surface area contributed by atoms with Gasteiger partial charge in [-0.2, -0.15) is 0 Å². The molecule has 5 N–H and O–H groups in total. The third-order valence-electron chi connectivity index (χ3n) is 13.9. The van der Waals surface area contributed by atoms with E-state index in [9.17, 15) is 38.3 Å². The molecule has 3 atom stereocenters. The van der Waals surface area contributed by atoms with Crippen molar-refractivity contribution in [2.75, 3.05) is 39.5 Å². The van der Waals surface area contributed by atoms with E-state index in [0.717, 1.165) is 38.9 Å². The molecule has 1 radical (unpaired) electrons. The van der Waals surface area contributed by atoms with Gasteiger partial charge in [0.2, 0.25) is 23.6 Å². The number of aryl methyl sites for hydroxylation is 2.